The Balaban J connectivity index is 1.92. The summed E-state index contributed by atoms with van der Waals surface area (Å²) < 4.78 is 17.8. The third kappa shape index (κ3) is 5.95. The van der Waals surface area contributed by atoms with Gasteiger partial charge >= 0.3 is 0 Å². The lowest BCUT2D eigenvalue weighted by Crippen LogP contribution is -2.32. The number of benzene rings is 1. The second-order valence-corrected chi connectivity index (χ2v) is 6.43. The predicted octanol–water partition coefficient (Wildman–Crippen LogP) is 1.29. The van der Waals surface area contributed by atoms with Gasteiger partial charge in [0.05, 0.1) is 12.3 Å². The molecule has 25 heavy (non-hydrogen) atoms. The molecule has 1 saturated heterocycles. The number of carbonyl (C=O) groups excluding carboxylic acids is 2. The van der Waals surface area contributed by atoms with Gasteiger partial charge in [0.15, 0.2) is 5.17 Å². The summed E-state index contributed by atoms with van der Waals surface area (Å²) in [6, 6.07) is 5.88. The van der Waals surface area contributed by atoms with Crippen molar-refractivity contribution in [3.8, 4) is 0 Å². The minimum absolute atomic E-state index is 0.0554. The smallest absolute Gasteiger partial charge is 0.240 e. The van der Waals surface area contributed by atoms with Crippen LogP contribution in [0.1, 0.15) is 18.9 Å². The number of rotatable bonds is 7. The first-order valence-electron chi connectivity index (χ1n) is 7.61. The summed E-state index contributed by atoms with van der Waals surface area (Å²) in [6.07, 6.45) is 0.0554. The van der Waals surface area contributed by atoms with Gasteiger partial charge in [-0.1, -0.05) is 23.9 Å². The molecular weight excluding hydrogens is 347 g/mol. The van der Waals surface area contributed by atoms with Gasteiger partial charge in [-0.3, -0.25) is 9.59 Å². The van der Waals surface area contributed by atoms with E-state index in [9.17, 15) is 14.0 Å². The molecule has 1 heterocycles. The Morgan fingerprint density at radius 2 is 2.12 bits per heavy atom. The third-order valence-corrected chi connectivity index (χ3v) is 4.40. The summed E-state index contributed by atoms with van der Waals surface area (Å²) in [5, 5.41) is 13.1. The molecule has 1 aromatic carbocycles. The van der Waals surface area contributed by atoms with Crippen LogP contribution in [0.25, 0.3) is 0 Å². The Morgan fingerprint density at radius 3 is 2.80 bits per heavy atom. The maximum absolute atomic E-state index is 12.9. The third-order valence-electron chi connectivity index (χ3n) is 3.33. The molecule has 0 saturated carbocycles. The topological polar surface area (TPSA) is 92.2 Å². The van der Waals surface area contributed by atoms with E-state index in [2.05, 4.69) is 20.8 Å². The number of nitrogens with one attached hydrogen (secondary N) is 2. The molecule has 0 bridgehead atoms. The van der Waals surface area contributed by atoms with Crippen molar-refractivity contribution in [3.05, 3.63) is 35.6 Å². The van der Waals surface area contributed by atoms with Crippen LogP contribution in [0.3, 0.4) is 0 Å². The van der Waals surface area contributed by atoms with E-state index in [-0.39, 0.29) is 24.1 Å². The molecule has 1 aromatic rings. The average molecular weight is 366 g/mol. The van der Waals surface area contributed by atoms with E-state index in [0.717, 1.165) is 17.3 Å². The fraction of sp³-hybridized carbons (Fsp3) is 0.375. The number of hydrogen-bond acceptors (Lipinski definition) is 6. The number of ether oxygens (including phenoxy) is 1. The quantitative estimate of drug-likeness (QED) is 0.432. The van der Waals surface area contributed by atoms with E-state index in [0.29, 0.717) is 24.0 Å². The van der Waals surface area contributed by atoms with Gasteiger partial charge in [-0.05, 0) is 24.6 Å². The Morgan fingerprint density at radius 1 is 1.40 bits per heavy atom. The van der Waals surface area contributed by atoms with Gasteiger partial charge < -0.3 is 15.4 Å². The highest BCUT2D eigenvalue weighted by Crippen LogP contribution is 2.22. The lowest BCUT2D eigenvalue weighted by Gasteiger charge is -2.06. The molecule has 7 nitrogen and oxygen atoms in total. The predicted molar refractivity (Wildman–Crippen MR) is 95.1 cm³/mol. The highest BCUT2D eigenvalue weighted by atomic mass is 32.2. The summed E-state index contributed by atoms with van der Waals surface area (Å²) in [5.74, 6) is -0.828. The molecule has 2 amide bonds. The fourth-order valence-corrected chi connectivity index (χ4v) is 2.91. The van der Waals surface area contributed by atoms with Gasteiger partial charge in [-0.2, -0.15) is 5.10 Å². The number of hydrogen-bond donors (Lipinski definition) is 2. The van der Waals surface area contributed by atoms with E-state index >= 15 is 0 Å². The van der Waals surface area contributed by atoms with Crippen molar-refractivity contribution in [2.45, 2.75) is 18.6 Å². The molecule has 1 aliphatic heterocycles. The van der Waals surface area contributed by atoms with Crippen molar-refractivity contribution >= 4 is 34.5 Å². The number of thioether (sulfide) groups is 1. The molecule has 1 atom stereocenters. The van der Waals surface area contributed by atoms with Crippen LogP contribution in [0.15, 0.2) is 34.5 Å². The zero-order valence-corrected chi connectivity index (χ0v) is 14.7. The summed E-state index contributed by atoms with van der Waals surface area (Å²) in [7, 11) is 1.55. The van der Waals surface area contributed by atoms with Crippen molar-refractivity contribution in [1.82, 2.24) is 10.6 Å². The van der Waals surface area contributed by atoms with Gasteiger partial charge in [-0.25, -0.2) is 4.39 Å². The SMILES string of the molecule is COCCNC(=O)CC1S/C(=N\N=C(/C)c2ccc(F)cc2)NC1=O. The zero-order valence-electron chi connectivity index (χ0n) is 13.9. The summed E-state index contributed by atoms with van der Waals surface area (Å²) in [6.45, 7) is 2.55. The number of halogens is 1. The van der Waals surface area contributed by atoms with Crippen LogP contribution in [0, 0.1) is 5.82 Å². The van der Waals surface area contributed by atoms with Crippen molar-refractivity contribution in [1.29, 1.82) is 0 Å². The first-order chi connectivity index (χ1) is 12.0. The molecule has 0 aromatic heterocycles. The molecule has 2 rings (SSSR count). The molecular formula is C16H19FN4O3S. The van der Waals surface area contributed by atoms with Gasteiger partial charge in [0, 0.05) is 20.1 Å². The summed E-state index contributed by atoms with van der Waals surface area (Å²) >= 11 is 1.16. The van der Waals surface area contributed by atoms with Crippen LogP contribution in [-0.2, 0) is 14.3 Å². The first-order valence-corrected chi connectivity index (χ1v) is 8.49. The standard InChI is InChI=1S/C16H19FN4O3S/c1-10(11-3-5-12(17)6-4-11)20-21-16-19-15(23)13(25-16)9-14(22)18-7-8-24-2/h3-6,13H,7-9H2,1-2H3,(H,18,22)(H,19,21,23)/b20-10+. The Bertz CT molecular complexity index is 691. The maximum atomic E-state index is 12.9. The highest BCUT2D eigenvalue weighted by molar-refractivity contribution is 8.15. The van der Waals surface area contributed by atoms with Crippen LogP contribution < -0.4 is 10.6 Å². The monoisotopic (exact) mass is 366 g/mol. The summed E-state index contributed by atoms with van der Waals surface area (Å²) in [5.41, 5.74) is 1.32. The van der Waals surface area contributed by atoms with Gasteiger partial charge in [0.25, 0.3) is 0 Å². The molecule has 2 N–H and O–H groups in total. The fourth-order valence-electron chi connectivity index (χ4n) is 1.99. The van der Waals surface area contributed by atoms with E-state index in [1.165, 1.54) is 12.1 Å². The lowest BCUT2D eigenvalue weighted by molar-refractivity contribution is -0.125. The van der Waals surface area contributed by atoms with E-state index < -0.39 is 5.25 Å². The molecule has 1 fully saturated rings. The van der Waals surface area contributed by atoms with Crippen molar-refractivity contribution < 1.29 is 18.7 Å². The normalized spacial score (nSPS) is 19.2. The highest BCUT2D eigenvalue weighted by Gasteiger charge is 2.32. The Kier molecular flexibility index (Phi) is 7.08. The minimum atomic E-state index is -0.539. The molecule has 1 unspecified atom stereocenters. The number of carbonyl (C=O) groups is 2. The van der Waals surface area contributed by atoms with Crippen molar-refractivity contribution in [2.75, 3.05) is 20.3 Å². The number of amidine groups is 1. The number of nitrogens with zero attached hydrogens (tertiary/aromatic N) is 2. The lowest BCUT2D eigenvalue weighted by atomic mass is 10.1. The van der Waals surface area contributed by atoms with Crippen molar-refractivity contribution in [3.63, 3.8) is 0 Å². The van der Waals surface area contributed by atoms with Crippen LogP contribution in [0.4, 0.5) is 4.39 Å². The van der Waals surface area contributed by atoms with Gasteiger partial charge in [0.1, 0.15) is 11.1 Å². The first kappa shape index (κ1) is 19.1. The van der Waals surface area contributed by atoms with Crippen LogP contribution in [0.2, 0.25) is 0 Å². The van der Waals surface area contributed by atoms with E-state index in [4.69, 9.17) is 4.74 Å². The van der Waals surface area contributed by atoms with Crippen LogP contribution in [0.5, 0.6) is 0 Å². The van der Waals surface area contributed by atoms with Crippen molar-refractivity contribution in [2.24, 2.45) is 10.2 Å². The van der Waals surface area contributed by atoms with Gasteiger partial charge in [0.2, 0.25) is 11.8 Å². The van der Waals surface area contributed by atoms with Crippen LogP contribution in [-0.4, -0.2) is 48.2 Å². The molecule has 0 radical (unpaired) electrons. The van der Waals surface area contributed by atoms with Gasteiger partial charge in [-0.15, -0.1) is 5.10 Å². The Hall–Kier alpha value is -2.26. The zero-order chi connectivity index (χ0) is 18.2. The minimum Gasteiger partial charge on any atom is -0.383 e. The molecule has 1 aliphatic rings. The number of amides is 2. The molecule has 9 heteroatoms. The number of methoxy groups -OCH3 is 1. The molecule has 0 spiro atoms. The average Bonchev–Trinajstić information content (AvgIpc) is 2.93. The summed E-state index contributed by atoms with van der Waals surface area (Å²) in [4.78, 5) is 23.6. The molecule has 134 valence electrons. The van der Waals surface area contributed by atoms with E-state index in [1.807, 2.05) is 0 Å². The second kappa shape index (κ2) is 9.28. The maximum Gasteiger partial charge on any atom is 0.240 e. The second-order valence-electron chi connectivity index (χ2n) is 5.24. The largest absolute Gasteiger partial charge is 0.383 e. The molecule has 0 aliphatic carbocycles. The van der Waals surface area contributed by atoms with E-state index in [1.54, 1.807) is 26.2 Å². The Labute approximate surface area is 149 Å². The van der Waals surface area contributed by atoms with Crippen LogP contribution >= 0.6 is 11.8 Å².